The lowest BCUT2D eigenvalue weighted by Crippen LogP contribution is -2.43. The van der Waals surface area contributed by atoms with Gasteiger partial charge in [0.1, 0.15) is 6.10 Å². The minimum atomic E-state index is -3.41. The van der Waals surface area contributed by atoms with E-state index >= 15 is 0 Å². The standard InChI is InChI=1S/C20H26F2O2/c1-13-6-3-7-14(12-13)15-8-4-10-17-16(15)9-5-11-18(17)24-19(23)20(2,21)22/h3,6-7,12,15-18H,4-5,8-11H2,1-2H3. The Morgan fingerprint density at radius 2 is 1.83 bits per heavy atom. The zero-order valence-corrected chi connectivity index (χ0v) is 14.4. The van der Waals surface area contributed by atoms with E-state index in [1.807, 2.05) is 0 Å². The van der Waals surface area contributed by atoms with Crippen molar-refractivity contribution < 1.29 is 18.3 Å². The minimum absolute atomic E-state index is 0.212. The smallest absolute Gasteiger partial charge is 0.376 e. The molecule has 2 saturated carbocycles. The maximum absolute atomic E-state index is 13.2. The highest BCUT2D eigenvalue weighted by Crippen LogP contribution is 2.49. The monoisotopic (exact) mass is 336 g/mol. The Kier molecular flexibility index (Phi) is 4.93. The molecule has 4 unspecified atom stereocenters. The molecule has 1 aromatic rings. The van der Waals surface area contributed by atoms with Crippen molar-refractivity contribution in [3.05, 3.63) is 35.4 Å². The molecule has 0 spiro atoms. The van der Waals surface area contributed by atoms with Crippen molar-refractivity contribution >= 4 is 5.97 Å². The van der Waals surface area contributed by atoms with Crippen LogP contribution in [-0.4, -0.2) is 18.0 Å². The SMILES string of the molecule is Cc1cccc(C2CCCC3C(OC(=O)C(C)(F)F)CCCC23)c1. The predicted molar refractivity (Wildman–Crippen MR) is 89.1 cm³/mol. The van der Waals surface area contributed by atoms with Gasteiger partial charge in [-0.25, -0.2) is 4.79 Å². The van der Waals surface area contributed by atoms with Crippen LogP contribution in [-0.2, 0) is 9.53 Å². The summed E-state index contributed by atoms with van der Waals surface area (Å²) in [6.45, 7) is 2.71. The van der Waals surface area contributed by atoms with Gasteiger partial charge in [0, 0.05) is 6.92 Å². The lowest BCUT2D eigenvalue weighted by molar-refractivity contribution is -0.182. The van der Waals surface area contributed by atoms with Crippen LogP contribution in [0.25, 0.3) is 0 Å². The summed E-state index contributed by atoms with van der Waals surface area (Å²) >= 11 is 0. The Morgan fingerprint density at radius 1 is 1.12 bits per heavy atom. The summed E-state index contributed by atoms with van der Waals surface area (Å²) in [5.41, 5.74) is 2.59. The van der Waals surface area contributed by atoms with Crippen molar-refractivity contribution in [1.29, 1.82) is 0 Å². The molecule has 4 heteroatoms. The average molecular weight is 336 g/mol. The molecule has 0 saturated heterocycles. The highest BCUT2D eigenvalue weighted by molar-refractivity contribution is 5.77. The van der Waals surface area contributed by atoms with Gasteiger partial charge in [-0.3, -0.25) is 0 Å². The van der Waals surface area contributed by atoms with Crippen LogP contribution in [0.1, 0.15) is 62.5 Å². The number of hydrogen-bond donors (Lipinski definition) is 0. The summed E-state index contributed by atoms with van der Waals surface area (Å²) in [6.07, 6.45) is 5.57. The second-order valence-electron chi connectivity index (χ2n) is 7.54. The highest BCUT2D eigenvalue weighted by Gasteiger charge is 2.44. The van der Waals surface area contributed by atoms with Gasteiger partial charge in [-0.1, -0.05) is 36.2 Å². The van der Waals surface area contributed by atoms with Gasteiger partial charge in [0.15, 0.2) is 0 Å². The number of ether oxygens (including phenoxy) is 1. The number of benzene rings is 1. The molecule has 2 nitrogen and oxygen atoms in total. The number of halogens is 2. The second-order valence-corrected chi connectivity index (χ2v) is 7.54. The molecule has 24 heavy (non-hydrogen) atoms. The van der Waals surface area contributed by atoms with Crippen LogP contribution in [0.15, 0.2) is 24.3 Å². The van der Waals surface area contributed by atoms with Crippen LogP contribution in [0.2, 0.25) is 0 Å². The van der Waals surface area contributed by atoms with Crippen molar-refractivity contribution in [3.63, 3.8) is 0 Å². The fraction of sp³-hybridized carbons (Fsp3) is 0.650. The number of alkyl halides is 2. The molecule has 132 valence electrons. The fourth-order valence-corrected chi connectivity index (χ4v) is 4.65. The van der Waals surface area contributed by atoms with Crippen LogP contribution < -0.4 is 0 Å². The Morgan fingerprint density at radius 3 is 2.54 bits per heavy atom. The normalized spacial score (nSPS) is 30.5. The van der Waals surface area contributed by atoms with E-state index < -0.39 is 11.9 Å². The minimum Gasteiger partial charge on any atom is -0.458 e. The van der Waals surface area contributed by atoms with E-state index in [-0.39, 0.29) is 12.0 Å². The summed E-state index contributed by atoms with van der Waals surface area (Å²) in [5, 5.41) is 0. The van der Waals surface area contributed by atoms with Crippen LogP contribution >= 0.6 is 0 Å². The third-order valence-electron chi connectivity index (χ3n) is 5.71. The van der Waals surface area contributed by atoms with E-state index in [0.29, 0.717) is 25.2 Å². The van der Waals surface area contributed by atoms with E-state index in [1.165, 1.54) is 11.1 Å². The van der Waals surface area contributed by atoms with Crippen LogP contribution in [0.4, 0.5) is 8.78 Å². The summed E-state index contributed by atoms with van der Waals surface area (Å²) in [6, 6.07) is 8.60. The molecule has 0 amide bonds. The van der Waals surface area contributed by atoms with Gasteiger partial charge in [0.05, 0.1) is 0 Å². The number of carbonyl (C=O) groups excluding carboxylic acids is 1. The van der Waals surface area contributed by atoms with Crippen LogP contribution in [0.5, 0.6) is 0 Å². The lowest BCUT2D eigenvalue weighted by Gasteiger charge is -2.45. The molecule has 3 rings (SSSR count). The molecule has 2 aliphatic rings. The average Bonchev–Trinajstić information content (AvgIpc) is 2.53. The molecule has 4 atom stereocenters. The van der Waals surface area contributed by atoms with Gasteiger partial charge in [-0.05, 0) is 62.3 Å². The van der Waals surface area contributed by atoms with E-state index in [1.54, 1.807) is 0 Å². The largest absolute Gasteiger partial charge is 0.458 e. The summed E-state index contributed by atoms with van der Waals surface area (Å²) in [5.74, 6) is -3.68. The van der Waals surface area contributed by atoms with Crippen LogP contribution in [0.3, 0.4) is 0 Å². The third-order valence-corrected chi connectivity index (χ3v) is 5.71. The van der Waals surface area contributed by atoms with E-state index in [0.717, 1.165) is 32.1 Å². The van der Waals surface area contributed by atoms with Gasteiger partial charge < -0.3 is 4.74 Å². The van der Waals surface area contributed by atoms with Crippen molar-refractivity contribution in [3.8, 4) is 0 Å². The van der Waals surface area contributed by atoms with E-state index in [4.69, 9.17) is 4.74 Å². The number of aryl methyl sites for hydroxylation is 1. The molecule has 2 aliphatic carbocycles. The molecular weight excluding hydrogens is 310 g/mol. The summed E-state index contributed by atoms with van der Waals surface area (Å²) in [7, 11) is 0. The number of rotatable bonds is 3. The van der Waals surface area contributed by atoms with Crippen molar-refractivity contribution in [2.75, 3.05) is 0 Å². The molecule has 1 aromatic carbocycles. The molecule has 0 heterocycles. The molecular formula is C20H26F2O2. The first kappa shape index (κ1) is 17.4. The molecule has 0 radical (unpaired) electrons. The third kappa shape index (κ3) is 3.62. The lowest BCUT2D eigenvalue weighted by atomic mass is 9.62. The molecule has 0 aromatic heterocycles. The molecule has 0 aliphatic heterocycles. The Bertz CT molecular complexity index is 594. The van der Waals surface area contributed by atoms with Gasteiger partial charge >= 0.3 is 11.9 Å². The Balaban J connectivity index is 1.78. The maximum atomic E-state index is 13.2. The van der Waals surface area contributed by atoms with Gasteiger partial charge in [0.25, 0.3) is 0 Å². The quantitative estimate of drug-likeness (QED) is 0.705. The highest BCUT2D eigenvalue weighted by atomic mass is 19.3. The number of hydrogen-bond acceptors (Lipinski definition) is 2. The zero-order valence-electron chi connectivity index (χ0n) is 14.4. The van der Waals surface area contributed by atoms with Crippen LogP contribution in [0, 0.1) is 18.8 Å². The van der Waals surface area contributed by atoms with Crippen molar-refractivity contribution in [2.45, 2.75) is 70.3 Å². The predicted octanol–water partition coefficient (Wildman–Crippen LogP) is 5.25. The van der Waals surface area contributed by atoms with Gasteiger partial charge in [0.2, 0.25) is 0 Å². The topological polar surface area (TPSA) is 26.3 Å². The summed E-state index contributed by atoms with van der Waals surface area (Å²) < 4.78 is 31.7. The molecule has 0 N–H and O–H groups in total. The number of fused-ring (bicyclic) bond motifs is 1. The number of carbonyl (C=O) groups is 1. The molecule has 2 fully saturated rings. The summed E-state index contributed by atoms with van der Waals surface area (Å²) in [4.78, 5) is 11.6. The van der Waals surface area contributed by atoms with Crippen molar-refractivity contribution in [2.24, 2.45) is 11.8 Å². The van der Waals surface area contributed by atoms with E-state index in [2.05, 4.69) is 31.2 Å². The fourth-order valence-electron chi connectivity index (χ4n) is 4.65. The maximum Gasteiger partial charge on any atom is 0.376 e. The van der Waals surface area contributed by atoms with Crippen molar-refractivity contribution in [1.82, 2.24) is 0 Å². The number of esters is 1. The zero-order chi connectivity index (χ0) is 17.3. The first-order valence-electron chi connectivity index (χ1n) is 9.01. The second kappa shape index (κ2) is 6.81. The first-order chi connectivity index (χ1) is 11.4. The molecule has 0 bridgehead atoms. The first-order valence-corrected chi connectivity index (χ1v) is 9.01. The Labute approximate surface area is 142 Å². The van der Waals surface area contributed by atoms with E-state index in [9.17, 15) is 13.6 Å². The Hall–Kier alpha value is -1.45. The van der Waals surface area contributed by atoms with Gasteiger partial charge in [-0.2, -0.15) is 8.78 Å². The van der Waals surface area contributed by atoms with Gasteiger partial charge in [-0.15, -0.1) is 0 Å².